The van der Waals surface area contributed by atoms with Crippen LogP contribution in [-0.2, 0) is 0 Å². The molecule has 0 saturated carbocycles. The number of fused-ring (bicyclic) bond motifs is 1. The van der Waals surface area contributed by atoms with Gasteiger partial charge in [0, 0.05) is 10.2 Å². The summed E-state index contributed by atoms with van der Waals surface area (Å²) >= 11 is 0. The Morgan fingerprint density at radius 2 is 1.68 bits per heavy atom. The van der Waals surface area contributed by atoms with Crippen molar-refractivity contribution >= 4 is 16.3 Å². The molecule has 0 aromatic heterocycles. The fraction of sp³-hybridized carbons (Fsp3) is 0.222. The molecular formula is C18H17Si. The summed E-state index contributed by atoms with van der Waals surface area (Å²) in [6.07, 6.45) is 2.36. The van der Waals surface area contributed by atoms with Gasteiger partial charge in [-0.15, -0.1) is 0 Å². The van der Waals surface area contributed by atoms with Crippen LogP contribution in [0.5, 0.6) is 0 Å². The van der Waals surface area contributed by atoms with Crippen LogP contribution in [0.2, 0.25) is 0 Å². The number of benzene rings is 2. The topological polar surface area (TPSA) is 0 Å². The first-order valence-electron chi connectivity index (χ1n) is 6.79. The second-order valence-corrected chi connectivity index (χ2v) is 5.98. The molecule has 0 fully saturated rings. The minimum Gasteiger partial charge on any atom is -0.0631 e. The van der Waals surface area contributed by atoms with E-state index in [0.29, 0.717) is 11.5 Å². The van der Waals surface area contributed by atoms with Crippen molar-refractivity contribution in [3.63, 3.8) is 0 Å². The summed E-state index contributed by atoms with van der Waals surface area (Å²) in [5, 5.41) is 0. The average molecular weight is 261 g/mol. The first kappa shape index (κ1) is 12.4. The van der Waals surface area contributed by atoms with Crippen molar-refractivity contribution in [3.8, 4) is 11.1 Å². The van der Waals surface area contributed by atoms with Crippen LogP contribution in [0.15, 0.2) is 54.1 Å². The van der Waals surface area contributed by atoms with Crippen molar-refractivity contribution in [1.82, 2.24) is 0 Å². The van der Waals surface area contributed by atoms with Gasteiger partial charge in [0.05, 0.1) is 0 Å². The summed E-state index contributed by atoms with van der Waals surface area (Å²) in [4.78, 5) is 0. The Labute approximate surface area is 118 Å². The summed E-state index contributed by atoms with van der Waals surface area (Å²) in [7, 11) is 3.90. The predicted molar refractivity (Wildman–Crippen MR) is 83.2 cm³/mol. The van der Waals surface area contributed by atoms with Gasteiger partial charge >= 0.3 is 0 Å². The monoisotopic (exact) mass is 261 g/mol. The standard InChI is InChI=1S/C18H17Si/c1-12(2)16-11-17-14(13-7-4-3-5-8-13)9-6-10-15(17)18(16)19/h3-12,18H,1-2H3. The molecule has 2 aromatic rings. The molecule has 1 aliphatic carbocycles. The molecule has 19 heavy (non-hydrogen) atoms. The third-order valence-corrected chi connectivity index (χ3v) is 4.49. The summed E-state index contributed by atoms with van der Waals surface area (Å²) in [6.45, 7) is 4.51. The van der Waals surface area contributed by atoms with Crippen LogP contribution in [0.3, 0.4) is 0 Å². The lowest BCUT2D eigenvalue weighted by Crippen LogP contribution is -2.03. The highest BCUT2D eigenvalue weighted by Crippen LogP contribution is 2.41. The summed E-state index contributed by atoms with van der Waals surface area (Å²) in [5.41, 5.74) is 7.21. The highest BCUT2D eigenvalue weighted by Gasteiger charge is 2.24. The maximum absolute atomic E-state index is 3.90. The van der Waals surface area contributed by atoms with Crippen molar-refractivity contribution in [2.24, 2.45) is 5.92 Å². The zero-order valence-corrected chi connectivity index (χ0v) is 12.4. The molecule has 2 aromatic carbocycles. The van der Waals surface area contributed by atoms with Crippen molar-refractivity contribution in [3.05, 3.63) is 65.2 Å². The maximum atomic E-state index is 3.90. The van der Waals surface area contributed by atoms with E-state index in [2.05, 4.69) is 78.7 Å². The van der Waals surface area contributed by atoms with Crippen molar-refractivity contribution in [2.45, 2.75) is 19.4 Å². The van der Waals surface area contributed by atoms with Crippen LogP contribution in [0, 0.1) is 5.92 Å². The van der Waals surface area contributed by atoms with Crippen LogP contribution in [0.25, 0.3) is 17.2 Å². The zero-order valence-electron chi connectivity index (χ0n) is 11.4. The van der Waals surface area contributed by atoms with E-state index < -0.39 is 0 Å². The number of hydrogen-bond donors (Lipinski definition) is 0. The third kappa shape index (κ3) is 2.08. The van der Waals surface area contributed by atoms with Gasteiger partial charge in [-0.2, -0.15) is 0 Å². The van der Waals surface area contributed by atoms with Crippen molar-refractivity contribution in [2.75, 3.05) is 0 Å². The van der Waals surface area contributed by atoms with E-state index in [1.807, 2.05) is 0 Å². The van der Waals surface area contributed by atoms with Crippen LogP contribution >= 0.6 is 0 Å². The Balaban J connectivity index is 2.17. The van der Waals surface area contributed by atoms with Gasteiger partial charge in [0.25, 0.3) is 0 Å². The molecule has 0 amide bonds. The molecular weight excluding hydrogens is 244 g/mol. The first-order valence-corrected chi connectivity index (χ1v) is 7.37. The summed E-state index contributed by atoms with van der Waals surface area (Å²) < 4.78 is 0. The van der Waals surface area contributed by atoms with E-state index in [4.69, 9.17) is 0 Å². The van der Waals surface area contributed by atoms with Crippen LogP contribution < -0.4 is 0 Å². The van der Waals surface area contributed by atoms with Crippen molar-refractivity contribution in [1.29, 1.82) is 0 Å². The zero-order chi connectivity index (χ0) is 13.4. The number of allylic oxidation sites excluding steroid dienone is 1. The van der Waals surface area contributed by atoms with Gasteiger partial charge in [0.1, 0.15) is 0 Å². The minimum atomic E-state index is 0.360. The van der Waals surface area contributed by atoms with Crippen LogP contribution in [0.4, 0.5) is 0 Å². The molecule has 3 radical (unpaired) electrons. The van der Waals surface area contributed by atoms with Crippen LogP contribution in [-0.4, -0.2) is 10.2 Å². The van der Waals surface area contributed by atoms with Gasteiger partial charge in [0.15, 0.2) is 0 Å². The first-order chi connectivity index (χ1) is 9.18. The van der Waals surface area contributed by atoms with E-state index in [-0.39, 0.29) is 0 Å². The van der Waals surface area contributed by atoms with Gasteiger partial charge in [-0.3, -0.25) is 0 Å². The van der Waals surface area contributed by atoms with E-state index in [1.165, 1.54) is 27.8 Å². The molecule has 0 saturated heterocycles. The fourth-order valence-electron chi connectivity index (χ4n) is 2.79. The highest BCUT2D eigenvalue weighted by atomic mass is 28.1. The van der Waals surface area contributed by atoms with E-state index >= 15 is 0 Å². The molecule has 3 rings (SSSR count). The summed E-state index contributed by atoms with van der Waals surface area (Å²) in [5.74, 6) is 0.568. The van der Waals surface area contributed by atoms with Gasteiger partial charge in [0.2, 0.25) is 0 Å². The van der Waals surface area contributed by atoms with Crippen LogP contribution in [0.1, 0.15) is 30.5 Å². The van der Waals surface area contributed by atoms with Gasteiger partial charge in [-0.1, -0.05) is 74.0 Å². The highest BCUT2D eigenvalue weighted by molar-refractivity contribution is 6.16. The number of rotatable bonds is 2. The molecule has 1 atom stereocenters. The molecule has 1 heteroatoms. The normalized spacial score (nSPS) is 17.5. The lowest BCUT2D eigenvalue weighted by Gasteiger charge is -2.14. The molecule has 0 spiro atoms. The molecule has 1 unspecified atom stereocenters. The van der Waals surface area contributed by atoms with Gasteiger partial charge in [-0.25, -0.2) is 0 Å². The Kier molecular flexibility index (Phi) is 3.15. The van der Waals surface area contributed by atoms with Gasteiger partial charge in [-0.05, 0) is 33.7 Å². The smallest absolute Gasteiger partial charge is 0.0392 e. The van der Waals surface area contributed by atoms with E-state index in [1.54, 1.807) is 0 Å². The van der Waals surface area contributed by atoms with E-state index in [0.717, 1.165) is 0 Å². The molecule has 0 nitrogen and oxygen atoms in total. The lowest BCUT2D eigenvalue weighted by molar-refractivity contribution is 0.746. The second kappa shape index (κ2) is 4.82. The molecule has 0 N–H and O–H groups in total. The molecule has 0 heterocycles. The Morgan fingerprint density at radius 1 is 0.947 bits per heavy atom. The molecule has 0 bridgehead atoms. The molecule has 93 valence electrons. The molecule has 0 aliphatic heterocycles. The fourth-order valence-corrected chi connectivity index (χ4v) is 3.46. The maximum Gasteiger partial charge on any atom is 0.0392 e. The lowest BCUT2D eigenvalue weighted by atomic mass is 9.97. The second-order valence-electron chi connectivity index (χ2n) is 5.41. The Morgan fingerprint density at radius 3 is 2.37 bits per heavy atom. The Hall–Kier alpha value is -1.60. The Bertz CT molecular complexity index is 623. The minimum absolute atomic E-state index is 0.360. The molecule has 1 aliphatic rings. The predicted octanol–water partition coefficient (Wildman–Crippen LogP) is 4.62. The number of hydrogen-bond acceptors (Lipinski definition) is 0. The van der Waals surface area contributed by atoms with Gasteiger partial charge < -0.3 is 0 Å². The quantitative estimate of drug-likeness (QED) is 0.692. The summed E-state index contributed by atoms with van der Waals surface area (Å²) in [6, 6.07) is 17.2. The SMILES string of the molecule is CC(C)C1=Cc2c(-c3ccccc3)cccc2C1[Si]. The average Bonchev–Trinajstić information content (AvgIpc) is 2.78. The largest absolute Gasteiger partial charge is 0.0631 e. The van der Waals surface area contributed by atoms with Crippen molar-refractivity contribution < 1.29 is 0 Å². The third-order valence-electron chi connectivity index (χ3n) is 3.85. The van der Waals surface area contributed by atoms with E-state index in [9.17, 15) is 0 Å².